The highest BCUT2D eigenvalue weighted by Crippen LogP contribution is 2.38. The minimum Gasteiger partial charge on any atom is -0.336 e. The van der Waals surface area contributed by atoms with Crippen molar-refractivity contribution in [1.29, 1.82) is 0 Å². The number of hydrogen-bond acceptors (Lipinski definition) is 4. The van der Waals surface area contributed by atoms with E-state index < -0.39 is 0 Å². The molecule has 2 aliphatic rings. The number of rotatable bonds is 4. The molecule has 2 fully saturated rings. The number of nitrogens with zero attached hydrogens (tertiary/aromatic N) is 3. The number of hydrogen-bond donors (Lipinski definition) is 2. The SMILES string of the molecule is CC1CC1C(=O)Nc1cccc(C(=O)N2CCNCC2c2nccn2C)c1.Cl. The Morgan fingerprint density at radius 1 is 1.32 bits per heavy atom. The van der Waals surface area contributed by atoms with Gasteiger partial charge in [0.1, 0.15) is 11.9 Å². The van der Waals surface area contributed by atoms with Gasteiger partial charge in [0.15, 0.2) is 0 Å². The summed E-state index contributed by atoms with van der Waals surface area (Å²) in [5.74, 6) is 1.42. The highest BCUT2D eigenvalue weighted by molar-refractivity contribution is 5.98. The van der Waals surface area contributed by atoms with Crippen LogP contribution in [0.2, 0.25) is 0 Å². The minimum atomic E-state index is -0.114. The van der Waals surface area contributed by atoms with Crippen molar-refractivity contribution in [3.8, 4) is 0 Å². The quantitative estimate of drug-likeness (QED) is 0.820. The third kappa shape index (κ3) is 4.05. The summed E-state index contributed by atoms with van der Waals surface area (Å²) >= 11 is 0. The summed E-state index contributed by atoms with van der Waals surface area (Å²) in [4.78, 5) is 31.7. The van der Waals surface area contributed by atoms with Crippen molar-refractivity contribution >= 4 is 29.9 Å². The van der Waals surface area contributed by atoms with E-state index in [0.29, 0.717) is 30.3 Å². The van der Waals surface area contributed by atoms with Crippen molar-refractivity contribution in [3.05, 3.63) is 48.0 Å². The Hall–Kier alpha value is -2.38. The fraction of sp³-hybridized carbons (Fsp3) is 0.450. The number of imidazole rings is 1. The average Bonchev–Trinajstić information content (AvgIpc) is 3.26. The summed E-state index contributed by atoms with van der Waals surface area (Å²) in [5.41, 5.74) is 1.26. The number of aryl methyl sites for hydroxylation is 1. The molecule has 150 valence electrons. The number of carbonyl (C=O) groups excluding carboxylic acids is 2. The van der Waals surface area contributed by atoms with E-state index in [-0.39, 0.29) is 36.2 Å². The lowest BCUT2D eigenvalue weighted by Gasteiger charge is -2.35. The van der Waals surface area contributed by atoms with Gasteiger partial charge >= 0.3 is 0 Å². The van der Waals surface area contributed by atoms with Gasteiger partial charge in [-0.2, -0.15) is 0 Å². The van der Waals surface area contributed by atoms with Gasteiger partial charge < -0.3 is 20.1 Å². The summed E-state index contributed by atoms with van der Waals surface area (Å²) < 4.78 is 1.95. The predicted molar refractivity (Wildman–Crippen MR) is 109 cm³/mol. The monoisotopic (exact) mass is 403 g/mol. The van der Waals surface area contributed by atoms with Gasteiger partial charge in [-0.1, -0.05) is 13.0 Å². The number of anilines is 1. The molecule has 0 radical (unpaired) electrons. The largest absolute Gasteiger partial charge is 0.336 e. The Morgan fingerprint density at radius 2 is 2.11 bits per heavy atom. The summed E-state index contributed by atoms with van der Waals surface area (Å²) in [6, 6.07) is 7.10. The number of amides is 2. The molecule has 0 spiro atoms. The van der Waals surface area contributed by atoms with Crippen LogP contribution in [0.5, 0.6) is 0 Å². The maximum atomic E-state index is 13.2. The molecule has 7 nitrogen and oxygen atoms in total. The van der Waals surface area contributed by atoms with Gasteiger partial charge in [-0.25, -0.2) is 4.98 Å². The Balaban J connectivity index is 0.00000225. The summed E-state index contributed by atoms with van der Waals surface area (Å²) in [7, 11) is 1.94. The molecule has 2 aromatic rings. The van der Waals surface area contributed by atoms with Gasteiger partial charge in [-0.3, -0.25) is 9.59 Å². The fourth-order valence-corrected chi connectivity index (χ4v) is 3.69. The number of carbonyl (C=O) groups is 2. The normalized spacial score (nSPS) is 23.6. The predicted octanol–water partition coefficient (Wildman–Crippen LogP) is 2.22. The molecule has 0 bridgehead atoms. The van der Waals surface area contributed by atoms with Crippen LogP contribution < -0.4 is 10.6 Å². The Kier molecular flexibility index (Phi) is 6.05. The van der Waals surface area contributed by atoms with Crippen LogP contribution in [0.1, 0.15) is 35.6 Å². The molecule has 4 rings (SSSR count). The maximum Gasteiger partial charge on any atom is 0.254 e. The Labute approximate surface area is 170 Å². The van der Waals surface area contributed by atoms with Crippen molar-refractivity contribution in [3.63, 3.8) is 0 Å². The average molecular weight is 404 g/mol. The minimum absolute atomic E-state index is 0. The summed E-state index contributed by atoms with van der Waals surface area (Å²) in [6.07, 6.45) is 4.58. The molecule has 2 amide bonds. The first-order valence-corrected chi connectivity index (χ1v) is 9.44. The van der Waals surface area contributed by atoms with Gasteiger partial charge in [0.25, 0.3) is 5.91 Å². The van der Waals surface area contributed by atoms with Gasteiger partial charge in [0.2, 0.25) is 5.91 Å². The zero-order chi connectivity index (χ0) is 19.0. The first-order chi connectivity index (χ1) is 13.0. The maximum absolute atomic E-state index is 13.2. The smallest absolute Gasteiger partial charge is 0.254 e. The van der Waals surface area contributed by atoms with E-state index >= 15 is 0 Å². The van der Waals surface area contributed by atoms with Gasteiger partial charge in [-0.15, -0.1) is 12.4 Å². The molecule has 2 heterocycles. The van der Waals surface area contributed by atoms with Crippen molar-refractivity contribution in [1.82, 2.24) is 19.8 Å². The molecule has 1 saturated carbocycles. The van der Waals surface area contributed by atoms with Crippen LogP contribution in [0.3, 0.4) is 0 Å². The first kappa shape index (κ1) is 20.4. The molecule has 1 aromatic heterocycles. The zero-order valence-corrected chi connectivity index (χ0v) is 16.9. The van der Waals surface area contributed by atoms with E-state index in [1.807, 2.05) is 34.8 Å². The molecule has 8 heteroatoms. The highest BCUT2D eigenvalue weighted by Gasteiger charge is 2.39. The van der Waals surface area contributed by atoms with Crippen molar-refractivity contribution < 1.29 is 9.59 Å². The van der Waals surface area contributed by atoms with Gasteiger partial charge in [0, 0.05) is 56.2 Å². The molecule has 2 N–H and O–H groups in total. The van der Waals surface area contributed by atoms with E-state index in [1.54, 1.807) is 18.3 Å². The zero-order valence-electron chi connectivity index (χ0n) is 16.1. The van der Waals surface area contributed by atoms with E-state index in [0.717, 1.165) is 18.8 Å². The molecular formula is C20H26ClN5O2. The second-order valence-corrected chi connectivity index (χ2v) is 7.50. The van der Waals surface area contributed by atoms with Crippen LogP contribution >= 0.6 is 12.4 Å². The summed E-state index contributed by atoms with van der Waals surface area (Å²) in [5, 5.41) is 6.29. The molecule has 1 aliphatic carbocycles. The van der Waals surface area contributed by atoms with Crippen LogP contribution in [0, 0.1) is 11.8 Å². The van der Waals surface area contributed by atoms with Crippen molar-refractivity contribution in [2.75, 3.05) is 25.0 Å². The van der Waals surface area contributed by atoms with Crippen LogP contribution in [-0.4, -0.2) is 45.9 Å². The molecular weight excluding hydrogens is 378 g/mol. The number of aromatic nitrogens is 2. The van der Waals surface area contributed by atoms with Crippen LogP contribution in [0.25, 0.3) is 0 Å². The lowest BCUT2D eigenvalue weighted by Crippen LogP contribution is -2.49. The van der Waals surface area contributed by atoms with E-state index in [4.69, 9.17) is 0 Å². The van der Waals surface area contributed by atoms with Crippen LogP contribution in [0.15, 0.2) is 36.7 Å². The second kappa shape index (κ2) is 8.32. The Morgan fingerprint density at radius 3 is 2.79 bits per heavy atom. The number of nitrogens with one attached hydrogen (secondary N) is 2. The number of halogens is 1. The van der Waals surface area contributed by atoms with Gasteiger partial charge in [0.05, 0.1) is 0 Å². The van der Waals surface area contributed by atoms with Crippen molar-refractivity contribution in [2.45, 2.75) is 19.4 Å². The number of piperazine rings is 1. The van der Waals surface area contributed by atoms with Crippen molar-refractivity contribution in [2.24, 2.45) is 18.9 Å². The van der Waals surface area contributed by atoms with E-state index in [2.05, 4.69) is 22.5 Å². The molecule has 1 aliphatic heterocycles. The lowest BCUT2D eigenvalue weighted by atomic mass is 10.1. The molecule has 3 unspecified atom stereocenters. The highest BCUT2D eigenvalue weighted by atomic mass is 35.5. The lowest BCUT2D eigenvalue weighted by molar-refractivity contribution is -0.117. The third-order valence-corrected chi connectivity index (χ3v) is 5.48. The molecule has 1 saturated heterocycles. The second-order valence-electron chi connectivity index (χ2n) is 7.50. The number of benzene rings is 1. The fourth-order valence-electron chi connectivity index (χ4n) is 3.69. The summed E-state index contributed by atoms with van der Waals surface area (Å²) in [6.45, 7) is 4.12. The Bertz CT molecular complexity index is 868. The van der Waals surface area contributed by atoms with E-state index in [9.17, 15) is 9.59 Å². The molecule has 1 aromatic carbocycles. The van der Waals surface area contributed by atoms with Crippen LogP contribution in [-0.2, 0) is 11.8 Å². The van der Waals surface area contributed by atoms with Gasteiger partial charge in [-0.05, 0) is 30.5 Å². The molecule has 3 atom stereocenters. The third-order valence-electron chi connectivity index (χ3n) is 5.48. The topological polar surface area (TPSA) is 79.3 Å². The molecule has 28 heavy (non-hydrogen) atoms. The van der Waals surface area contributed by atoms with Crippen LogP contribution in [0.4, 0.5) is 5.69 Å². The standard InChI is InChI=1S/C20H25N5O2.ClH/c1-13-10-16(13)19(26)23-15-5-3-4-14(11-15)20(27)25-9-6-21-12-17(25)18-22-7-8-24(18)2;/h3-5,7-8,11,13,16-17,21H,6,9-10,12H2,1-2H3,(H,23,26);1H. The first-order valence-electron chi connectivity index (χ1n) is 9.44. The van der Waals surface area contributed by atoms with E-state index in [1.165, 1.54) is 0 Å².